The summed E-state index contributed by atoms with van der Waals surface area (Å²) in [6, 6.07) is 25.1. The van der Waals surface area contributed by atoms with Crippen LogP contribution in [0, 0.1) is 23.7 Å². The van der Waals surface area contributed by atoms with E-state index in [9.17, 15) is 9.59 Å². The van der Waals surface area contributed by atoms with Crippen molar-refractivity contribution in [2.45, 2.75) is 25.7 Å². The third kappa shape index (κ3) is 12.3. The predicted molar refractivity (Wildman–Crippen MR) is 161 cm³/mol. The molecule has 40 heavy (non-hydrogen) atoms. The summed E-state index contributed by atoms with van der Waals surface area (Å²) in [5.41, 5.74) is 2.85. The van der Waals surface area contributed by atoms with Crippen molar-refractivity contribution in [3.63, 3.8) is 0 Å². The van der Waals surface area contributed by atoms with E-state index in [0.29, 0.717) is 52.8 Å². The van der Waals surface area contributed by atoms with Gasteiger partial charge in [-0.2, -0.15) is 0 Å². The van der Waals surface area contributed by atoms with E-state index in [2.05, 4.69) is 44.3 Å². The van der Waals surface area contributed by atoms with E-state index in [4.69, 9.17) is 23.2 Å². The smallest absolute Gasteiger partial charge is 0.225 e. The Labute approximate surface area is 244 Å². The number of halogens is 2. The Morgan fingerprint density at radius 3 is 1.68 bits per heavy atom. The molecule has 2 N–H and O–H groups in total. The van der Waals surface area contributed by atoms with Crippen LogP contribution in [0.3, 0.4) is 0 Å². The van der Waals surface area contributed by atoms with Crippen LogP contribution in [-0.4, -0.2) is 21.8 Å². The SMILES string of the molecule is O=C(CCC#Cc1ccccn1)Nc1ccc(Cl)cc1.O=C(CCC#Cc1ccccn1)Nc1cccc(Cl)c1. The Morgan fingerprint density at radius 2 is 1.18 bits per heavy atom. The number of carbonyl (C=O) groups is 2. The Hall–Kier alpha value is -4.62. The van der Waals surface area contributed by atoms with E-state index in [1.807, 2.05) is 36.4 Å². The fraction of sp³-hybridized carbons (Fsp3) is 0.125. The second-order valence-electron chi connectivity index (χ2n) is 8.15. The minimum absolute atomic E-state index is 0.0670. The average molecular weight is 569 g/mol. The maximum Gasteiger partial charge on any atom is 0.225 e. The molecule has 0 bridgehead atoms. The van der Waals surface area contributed by atoms with Gasteiger partial charge in [0.15, 0.2) is 0 Å². The molecule has 0 unspecified atom stereocenters. The number of carbonyl (C=O) groups excluding carboxylic acids is 2. The molecule has 6 nitrogen and oxygen atoms in total. The van der Waals surface area contributed by atoms with Crippen molar-refractivity contribution >= 4 is 46.4 Å². The number of amides is 2. The average Bonchev–Trinajstić information content (AvgIpc) is 2.96. The van der Waals surface area contributed by atoms with E-state index >= 15 is 0 Å². The van der Waals surface area contributed by atoms with Crippen molar-refractivity contribution in [2.75, 3.05) is 10.6 Å². The minimum atomic E-state index is -0.0809. The number of rotatable bonds is 6. The zero-order valence-corrected chi connectivity index (χ0v) is 23.0. The number of nitrogens with one attached hydrogen (secondary N) is 2. The Bertz CT molecular complexity index is 1510. The van der Waals surface area contributed by atoms with Gasteiger partial charge in [0.05, 0.1) is 0 Å². The molecular weight excluding hydrogens is 543 g/mol. The summed E-state index contributed by atoms with van der Waals surface area (Å²) in [6.45, 7) is 0. The van der Waals surface area contributed by atoms with Crippen LogP contribution in [0.2, 0.25) is 10.0 Å². The second-order valence-corrected chi connectivity index (χ2v) is 9.02. The molecule has 200 valence electrons. The molecule has 2 heterocycles. The summed E-state index contributed by atoms with van der Waals surface area (Å²) in [5.74, 6) is 11.5. The molecule has 0 saturated heterocycles. The van der Waals surface area contributed by atoms with E-state index in [0.717, 1.165) is 5.69 Å². The van der Waals surface area contributed by atoms with E-state index in [-0.39, 0.29) is 11.8 Å². The van der Waals surface area contributed by atoms with Crippen LogP contribution in [0.5, 0.6) is 0 Å². The van der Waals surface area contributed by atoms with Gasteiger partial charge in [0.1, 0.15) is 11.4 Å². The molecule has 2 aromatic heterocycles. The topological polar surface area (TPSA) is 84.0 Å². The molecule has 0 fully saturated rings. The van der Waals surface area contributed by atoms with Crippen molar-refractivity contribution in [2.24, 2.45) is 0 Å². The lowest BCUT2D eigenvalue weighted by molar-refractivity contribution is -0.116. The first-order chi connectivity index (χ1) is 19.5. The molecule has 0 saturated carbocycles. The molecule has 4 rings (SSSR count). The molecule has 0 atom stereocenters. The van der Waals surface area contributed by atoms with Gasteiger partial charge in [-0.25, -0.2) is 9.97 Å². The quantitative estimate of drug-likeness (QED) is 0.245. The Morgan fingerprint density at radius 1 is 0.625 bits per heavy atom. The molecular formula is C32H26Cl2N4O2. The highest BCUT2D eigenvalue weighted by Crippen LogP contribution is 2.15. The first-order valence-corrected chi connectivity index (χ1v) is 13.1. The number of hydrogen-bond donors (Lipinski definition) is 2. The van der Waals surface area contributed by atoms with Crippen molar-refractivity contribution in [3.05, 3.63) is 119 Å². The van der Waals surface area contributed by atoms with Crippen LogP contribution in [0.15, 0.2) is 97.3 Å². The Kier molecular flexibility index (Phi) is 12.8. The lowest BCUT2D eigenvalue weighted by atomic mass is 10.2. The van der Waals surface area contributed by atoms with Crippen molar-refractivity contribution in [3.8, 4) is 23.7 Å². The van der Waals surface area contributed by atoms with Crippen LogP contribution < -0.4 is 10.6 Å². The fourth-order valence-corrected chi connectivity index (χ4v) is 3.39. The van der Waals surface area contributed by atoms with Gasteiger partial charge in [0.25, 0.3) is 0 Å². The first kappa shape index (κ1) is 29.9. The maximum absolute atomic E-state index is 11.7. The van der Waals surface area contributed by atoms with Gasteiger partial charge in [-0.15, -0.1) is 0 Å². The normalized spacial score (nSPS) is 9.45. The lowest BCUT2D eigenvalue weighted by Crippen LogP contribution is -2.10. The van der Waals surface area contributed by atoms with Gasteiger partial charge < -0.3 is 10.6 Å². The fourth-order valence-electron chi connectivity index (χ4n) is 3.08. The van der Waals surface area contributed by atoms with E-state index in [1.165, 1.54) is 0 Å². The molecule has 0 aliphatic heterocycles. The van der Waals surface area contributed by atoms with Crippen LogP contribution in [0.25, 0.3) is 0 Å². The predicted octanol–water partition coefficient (Wildman–Crippen LogP) is 7.01. The molecule has 2 amide bonds. The van der Waals surface area contributed by atoms with Gasteiger partial charge in [0, 0.05) is 59.5 Å². The van der Waals surface area contributed by atoms with Crippen molar-refractivity contribution in [1.82, 2.24) is 9.97 Å². The molecule has 0 spiro atoms. The number of pyridine rings is 2. The highest BCUT2D eigenvalue weighted by Gasteiger charge is 2.02. The summed E-state index contributed by atoms with van der Waals surface area (Å²) >= 11 is 11.6. The minimum Gasteiger partial charge on any atom is -0.326 e. The Balaban J connectivity index is 0.000000220. The summed E-state index contributed by atoms with van der Waals surface area (Å²) in [7, 11) is 0. The number of anilines is 2. The summed E-state index contributed by atoms with van der Waals surface area (Å²) in [4.78, 5) is 31.5. The van der Waals surface area contributed by atoms with Crippen molar-refractivity contribution in [1.29, 1.82) is 0 Å². The summed E-state index contributed by atoms with van der Waals surface area (Å²) in [6.07, 6.45) is 5.06. The first-order valence-electron chi connectivity index (χ1n) is 12.4. The largest absolute Gasteiger partial charge is 0.326 e. The third-order valence-electron chi connectivity index (χ3n) is 4.95. The summed E-state index contributed by atoms with van der Waals surface area (Å²) < 4.78 is 0. The van der Waals surface area contributed by atoms with E-state index in [1.54, 1.807) is 60.9 Å². The lowest BCUT2D eigenvalue weighted by Gasteiger charge is -2.03. The molecule has 0 aliphatic rings. The molecule has 0 radical (unpaired) electrons. The highest BCUT2D eigenvalue weighted by atomic mass is 35.5. The number of nitrogens with zero attached hydrogens (tertiary/aromatic N) is 2. The monoisotopic (exact) mass is 568 g/mol. The maximum atomic E-state index is 11.7. The van der Waals surface area contributed by atoms with Crippen LogP contribution in [-0.2, 0) is 9.59 Å². The van der Waals surface area contributed by atoms with Gasteiger partial charge in [-0.1, -0.05) is 53.2 Å². The molecule has 8 heteroatoms. The zero-order chi connectivity index (χ0) is 28.4. The second kappa shape index (κ2) is 17.1. The van der Waals surface area contributed by atoms with Gasteiger partial charge in [-0.05, 0) is 78.6 Å². The number of aromatic nitrogens is 2. The standard InChI is InChI=1S/2C16H13ClN2O/c17-13-6-5-9-15(12-13)19-16(20)10-2-1-7-14-8-3-4-11-18-14;17-13-8-10-15(11-9-13)19-16(20)7-2-1-5-14-6-3-4-12-18-14/h3-6,8-9,11-12H,2,10H2,(H,19,20);3-4,6,8-12H,2,7H2,(H,19,20). The highest BCUT2D eigenvalue weighted by molar-refractivity contribution is 6.31. The van der Waals surface area contributed by atoms with Crippen LogP contribution in [0.4, 0.5) is 11.4 Å². The van der Waals surface area contributed by atoms with Crippen LogP contribution in [0.1, 0.15) is 37.1 Å². The summed E-state index contributed by atoms with van der Waals surface area (Å²) in [5, 5.41) is 6.80. The molecule has 0 aliphatic carbocycles. The molecule has 2 aromatic carbocycles. The van der Waals surface area contributed by atoms with Gasteiger partial charge >= 0.3 is 0 Å². The third-order valence-corrected chi connectivity index (χ3v) is 5.44. The number of hydrogen-bond acceptors (Lipinski definition) is 4. The van der Waals surface area contributed by atoms with Gasteiger partial charge in [0.2, 0.25) is 11.8 Å². The molecule has 4 aromatic rings. The van der Waals surface area contributed by atoms with Crippen molar-refractivity contribution < 1.29 is 9.59 Å². The van der Waals surface area contributed by atoms with E-state index < -0.39 is 0 Å². The van der Waals surface area contributed by atoms with Gasteiger partial charge in [-0.3, -0.25) is 9.59 Å². The van der Waals surface area contributed by atoms with Crippen LogP contribution >= 0.6 is 23.2 Å². The number of benzene rings is 2. The zero-order valence-electron chi connectivity index (χ0n) is 21.5.